The van der Waals surface area contributed by atoms with Crippen LogP contribution in [0.15, 0.2) is 71.9 Å². The fourth-order valence-corrected chi connectivity index (χ4v) is 6.75. The molecule has 0 aliphatic rings. The molecule has 13 nitrogen and oxygen atoms in total. The number of halogens is 6. The Morgan fingerprint density at radius 2 is 1.30 bits per heavy atom. The Morgan fingerprint density at radius 1 is 0.714 bits per heavy atom. The molecule has 20 heteroatoms. The number of carbonyl (C=O) groups is 4. The lowest BCUT2D eigenvalue weighted by atomic mass is 9.95. The predicted octanol–water partition coefficient (Wildman–Crippen LogP) is 10.3. The van der Waals surface area contributed by atoms with Crippen LogP contribution in [0.25, 0.3) is 0 Å². The molecule has 0 aromatic heterocycles. The Kier molecular flexibility index (Phi) is 18.0. The second kappa shape index (κ2) is 22.0. The average molecular weight is 913 g/mol. The molecule has 63 heavy (non-hydrogen) atoms. The molecule has 0 fully saturated rings. The fourth-order valence-electron chi connectivity index (χ4n) is 5.71. The number of nitrogens with zero attached hydrogens (tertiary/aromatic N) is 1. The highest BCUT2D eigenvalue weighted by molar-refractivity contribution is 7.99. The number of Topliss-reactive ketones (excluding diaryl/α,β-unsaturated/α-hetero) is 2. The standard InChI is InChI=1S/C43H50F6N4O9S/c1-26(52-39(57)62-41(5,6)7)50-14-9-8-12-33(54)21-28-19-30(42(44,45)46)20-29(37(28)63-16-15-51-38(56)61-40(2,3)4)22-34(55)17-27-11-10-13-35(18-27)60-36-24-31(43(47,48)49)23-32(25-36)53(58)59/h10-11,13,18-20,23-25,50H,1,8-9,12,14-17,21-22H2,2-7H3,(H,51,56)(H,52,57). The third-order valence-corrected chi connectivity index (χ3v) is 9.42. The summed E-state index contributed by atoms with van der Waals surface area (Å²) >= 11 is 1.04. The van der Waals surface area contributed by atoms with Crippen molar-refractivity contribution in [1.82, 2.24) is 16.0 Å². The summed E-state index contributed by atoms with van der Waals surface area (Å²) in [4.78, 5) is 61.6. The minimum absolute atomic E-state index is 0.00523. The van der Waals surface area contributed by atoms with E-state index in [1.165, 1.54) is 24.3 Å². The number of ketones is 2. The van der Waals surface area contributed by atoms with Gasteiger partial charge in [-0.15, -0.1) is 11.8 Å². The number of rotatable bonds is 20. The molecule has 3 N–H and O–H groups in total. The zero-order valence-electron chi connectivity index (χ0n) is 35.6. The van der Waals surface area contributed by atoms with Crippen LogP contribution in [0.5, 0.6) is 11.5 Å². The number of alkyl carbamates (subject to hydrolysis) is 2. The van der Waals surface area contributed by atoms with Crippen molar-refractivity contribution in [2.45, 2.75) is 109 Å². The fraction of sp³-hybridized carbons (Fsp3) is 0.442. The number of carbonyl (C=O) groups excluding carboxylic acids is 4. The number of unbranched alkanes of at least 4 members (excludes halogenated alkanes) is 1. The lowest BCUT2D eigenvalue weighted by Gasteiger charge is -2.20. The van der Waals surface area contributed by atoms with E-state index in [1.54, 1.807) is 41.5 Å². The maximum Gasteiger partial charge on any atom is 0.416 e. The Bertz CT molecular complexity index is 2150. The quantitative estimate of drug-likeness (QED) is 0.0323. The number of nitro groups is 1. The molecule has 0 radical (unpaired) electrons. The minimum Gasteiger partial charge on any atom is -0.457 e. The molecule has 344 valence electrons. The van der Waals surface area contributed by atoms with Crippen molar-refractivity contribution in [3.8, 4) is 11.5 Å². The molecule has 0 saturated carbocycles. The molecule has 0 bridgehead atoms. The summed E-state index contributed by atoms with van der Waals surface area (Å²) in [5.41, 5.74) is -4.52. The largest absolute Gasteiger partial charge is 0.457 e. The summed E-state index contributed by atoms with van der Waals surface area (Å²) in [5, 5.41) is 19.2. The predicted molar refractivity (Wildman–Crippen MR) is 223 cm³/mol. The summed E-state index contributed by atoms with van der Waals surface area (Å²) in [7, 11) is 0. The molecular formula is C43H50F6N4O9S. The highest BCUT2D eigenvalue weighted by atomic mass is 32.2. The zero-order chi connectivity index (χ0) is 47.3. The van der Waals surface area contributed by atoms with Gasteiger partial charge in [0.05, 0.1) is 22.1 Å². The lowest BCUT2D eigenvalue weighted by Crippen LogP contribution is -2.36. The molecule has 0 saturated heterocycles. The van der Waals surface area contributed by atoms with Crippen molar-refractivity contribution >= 4 is 41.2 Å². The van der Waals surface area contributed by atoms with Crippen LogP contribution in [0.4, 0.5) is 41.6 Å². The maximum absolute atomic E-state index is 14.3. The van der Waals surface area contributed by atoms with Gasteiger partial charge in [-0.25, -0.2) is 9.59 Å². The summed E-state index contributed by atoms with van der Waals surface area (Å²) in [6, 6.07) is 8.98. The van der Waals surface area contributed by atoms with E-state index in [0.717, 1.165) is 30.0 Å². The zero-order valence-corrected chi connectivity index (χ0v) is 36.4. The van der Waals surface area contributed by atoms with Gasteiger partial charge in [0.1, 0.15) is 40.1 Å². The Morgan fingerprint density at radius 3 is 1.89 bits per heavy atom. The van der Waals surface area contributed by atoms with Crippen molar-refractivity contribution in [3.63, 3.8) is 0 Å². The number of nitro benzene ring substituents is 1. The van der Waals surface area contributed by atoms with E-state index in [9.17, 15) is 55.6 Å². The Hall–Kier alpha value is -5.79. The van der Waals surface area contributed by atoms with Crippen LogP contribution in [0.1, 0.15) is 88.6 Å². The summed E-state index contributed by atoms with van der Waals surface area (Å²) in [6.07, 6.45) is -11.7. The first-order valence-electron chi connectivity index (χ1n) is 19.5. The van der Waals surface area contributed by atoms with Gasteiger partial charge in [-0.3, -0.25) is 25.0 Å². The number of non-ortho nitro benzene ring substituents is 1. The molecule has 0 aliphatic carbocycles. The van der Waals surface area contributed by atoms with Crippen LogP contribution in [0.2, 0.25) is 0 Å². The Labute approximate surface area is 364 Å². The minimum atomic E-state index is -4.92. The van der Waals surface area contributed by atoms with Gasteiger partial charge in [0, 0.05) is 55.5 Å². The number of thioether (sulfide) groups is 1. The maximum atomic E-state index is 14.3. The third kappa shape index (κ3) is 19.0. The second-order valence-electron chi connectivity index (χ2n) is 16.2. The Balaban J connectivity index is 1.83. The van der Waals surface area contributed by atoms with Gasteiger partial charge in [-0.2, -0.15) is 26.3 Å². The number of nitrogens with one attached hydrogen (secondary N) is 3. The molecule has 2 amide bonds. The number of benzene rings is 3. The summed E-state index contributed by atoms with van der Waals surface area (Å²) in [6.45, 7) is 14.1. The van der Waals surface area contributed by atoms with Crippen LogP contribution in [-0.4, -0.2) is 58.7 Å². The first-order valence-corrected chi connectivity index (χ1v) is 20.5. The first kappa shape index (κ1) is 51.6. The molecule has 0 unspecified atom stereocenters. The van der Waals surface area contributed by atoms with Gasteiger partial charge < -0.3 is 24.8 Å². The van der Waals surface area contributed by atoms with E-state index in [4.69, 9.17) is 14.2 Å². The van der Waals surface area contributed by atoms with E-state index < -0.39 is 81.9 Å². The van der Waals surface area contributed by atoms with E-state index in [1.807, 2.05) is 0 Å². The van der Waals surface area contributed by atoms with Crippen molar-refractivity contribution in [1.29, 1.82) is 0 Å². The van der Waals surface area contributed by atoms with Crippen molar-refractivity contribution in [3.05, 3.63) is 105 Å². The van der Waals surface area contributed by atoms with Gasteiger partial charge in [-0.05, 0) is 101 Å². The van der Waals surface area contributed by atoms with Crippen LogP contribution >= 0.6 is 11.8 Å². The van der Waals surface area contributed by atoms with Crippen LogP contribution in [0.3, 0.4) is 0 Å². The molecule has 3 aromatic rings. The van der Waals surface area contributed by atoms with Crippen LogP contribution in [0, 0.1) is 10.1 Å². The van der Waals surface area contributed by atoms with Gasteiger partial charge in [0.25, 0.3) is 5.69 Å². The van der Waals surface area contributed by atoms with Gasteiger partial charge in [0.15, 0.2) is 0 Å². The number of hydrogen-bond donors (Lipinski definition) is 3. The number of amides is 2. The van der Waals surface area contributed by atoms with Gasteiger partial charge >= 0.3 is 24.5 Å². The van der Waals surface area contributed by atoms with Crippen LogP contribution < -0.4 is 20.7 Å². The summed E-state index contributed by atoms with van der Waals surface area (Å²) in [5.74, 6) is -1.22. The van der Waals surface area contributed by atoms with Crippen molar-refractivity contribution < 1.29 is 64.7 Å². The molecule has 3 aromatic carbocycles. The topological polar surface area (TPSA) is 175 Å². The highest BCUT2D eigenvalue weighted by Gasteiger charge is 2.34. The van der Waals surface area contributed by atoms with E-state index in [-0.39, 0.29) is 64.1 Å². The SMILES string of the molecule is C=C(NCCCCC(=O)Cc1cc(C(F)(F)F)cc(CC(=O)Cc2cccc(Oc3cc([N+](=O)[O-])cc(C(F)(F)F)c3)c2)c1SCCNC(=O)OC(C)(C)C)NC(=O)OC(C)(C)C. The molecule has 3 rings (SSSR count). The lowest BCUT2D eigenvalue weighted by molar-refractivity contribution is -0.385. The highest BCUT2D eigenvalue weighted by Crippen LogP contribution is 2.38. The van der Waals surface area contributed by atoms with Gasteiger partial charge in [0.2, 0.25) is 0 Å². The molecule has 0 aliphatic heterocycles. The van der Waals surface area contributed by atoms with Gasteiger partial charge in [-0.1, -0.05) is 18.7 Å². The summed E-state index contributed by atoms with van der Waals surface area (Å²) < 4.78 is 99.2. The van der Waals surface area contributed by atoms with Crippen LogP contribution in [-0.2, 0) is 50.7 Å². The molecule has 0 atom stereocenters. The smallest absolute Gasteiger partial charge is 0.416 e. The van der Waals surface area contributed by atoms with Crippen molar-refractivity contribution in [2.75, 3.05) is 18.8 Å². The van der Waals surface area contributed by atoms with Crippen molar-refractivity contribution in [2.24, 2.45) is 0 Å². The second-order valence-corrected chi connectivity index (χ2v) is 17.3. The third-order valence-electron chi connectivity index (χ3n) is 8.20. The van der Waals surface area contributed by atoms with E-state index in [2.05, 4.69) is 22.5 Å². The number of hydrogen-bond acceptors (Lipinski definition) is 11. The molecular weight excluding hydrogens is 863 g/mol. The molecule has 0 spiro atoms. The first-order chi connectivity index (χ1) is 29.1. The molecule has 0 heterocycles. The average Bonchev–Trinajstić information content (AvgIpc) is 3.11. The number of ether oxygens (including phenoxy) is 3. The monoisotopic (exact) mass is 912 g/mol. The van der Waals surface area contributed by atoms with E-state index in [0.29, 0.717) is 31.5 Å². The van der Waals surface area contributed by atoms with E-state index >= 15 is 0 Å². The normalized spacial score (nSPS) is 11.9. The number of alkyl halides is 6.